The van der Waals surface area contributed by atoms with Crippen molar-refractivity contribution >= 4 is 11.4 Å². The Morgan fingerprint density at radius 3 is 2.26 bits per heavy atom. The fourth-order valence-electron chi connectivity index (χ4n) is 2.35. The summed E-state index contributed by atoms with van der Waals surface area (Å²) >= 11 is 0. The molecule has 1 aromatic heterocycles. The van der Waals surface area contributed by atoms with E-state index >= 15 is 0 Å². The van der Waals surface area contributed by atoms with E-state index in [1.165, 1.54) is 13.0 Å². The largest absolute Gasteiger partial charge is 0.573 e. The van der Waals surface area contributed by atoms with Crippen LogP contribution in [0.4, 0.5) is 30.7 Å². The molecule has 0 radical (unpaired) electrons. The fourth-order valence-corrected chi connectivity index (χ4v) is 2.35. The number of hydrogen-bond acceptors (Lipinski definition) is 3. The van der Waals surface area contributed by atoms with Gasteiger partial charge in [0.25, 0.3) is 0 Å². The van der Waals surface area contributed by atoms with Crippen LogP contribution in [0.3, 0.4) is 0 Å². The van der Waals surface area contributed by atoms with Crippen molar-refractivity contribution in [2.75, 3.05) is 0 Å². The molecule has 0 unspecified atom stereocenters. The van der Waals surface area contributed by atoms with Gasteiger partial charge in [-0.25, -0.2) is 8.78 Å². The van der Waals surface area contributed by atoms with Gasteiger partial charge in [-0.15, -0.1) is 13.2 Å². The Morgan fingerprint density at radius 1 is 1.06 bits per heavy atom. The number of rotatable bonds is 7. The van der Waals surface area contributed by atoms with Gasteiger partial charge in [-0.3, -0.25) is 9.78 Å². The standard InChI is InChI=1S/C21H14F7NO2/c1-3-15(31-21(26,27)28)7-4-12(2)13-5-9-18(29-11-13)20(24,25)19(30)16-8-6-14(22)10-17(16)23/h3-11H,1H2,2H3/b12-4+,15-7+. The molecule has 0 aliphatic heterocycles. The highest BCUT2D eigenvalue weighted by Crippen LogP contribution is 2.32. The van der Waals surface area contributed by atoms with Crippen molar-refractivity contribution in [3.8, 4) is 0 Å². The molecule has 0 aliphatic carbocycles. The first kappa shape index (κ1) is 23.8. The summed E-state index contributed by atoms with van der Waals surface area (Å²) < 4.78 is 96.0. The van der Waals surface area contributed by atoms with Gasteiger partial charge in [-0.1, -0.05) is 18.7 Å². The summed E-state index contributed by atoms with van der Waals surface area (Å²) in [4.78, 5) is 15.6. The number of aromatic nitrogens is 1. The Kier molecular flexibility index (Phi) is 7.04. The molecule has 10 heteroatoms. The van der Waals surface area contributed by atoms with E-state index in [9.17, 15) is 35.5 Å². The molecule has 0 saturated heterocycles. The molecule has 2 rings (SSSR count). The molecule has 0 amide bonds. The second kappa shape index (κ2) is 9.15. The number of hydrogen-bond donors (Lipinski definition) is 0. The Balaban J connectivity index is 2.27. The first-order valence-electron chi connectivity index (χ1n) is 8.46. The van der Waals surface area contributed by atoms with Crippen LogP contribution < -0.4 is 0 Å². The first-order chi connectivity index (χ1) is 14.3. The SMILES string of the molecule is C=C/C(=C\C=C(/C)c1ccc(C(F)(F)C(=O)c2ccc(F)cc2F)nc1)OC(F)(F)F. The summed E-state index contributed by atoms with van der Waals surface area (Å²) in [5.74, 6) is -9.16. The van der Waals surface area contributed by atoms with Gasteiger partial charge in [0.1, 0.15) is 23.1 Å². The molecular formula is C21H14F7NO2. The van der Waals surface area contributed by atoms with Crippen LogP contribution in [-0.2, 0) is 10.7 Å². The molecule has 0 saturated carbocycles. The number of nitrogens with zero attached hydrogens (tertiary/aromatic N) is 1. The van der Waals surface area contributed by atoms with Gasteiger partial charge in [0, 0.05) is 12.3 Å². The molecule has 31 heavy (non-hydrogen) atoms. The van der Waals surface area contributed by atoms with E-state index in [0.29, 0.717) is 23.8 Å². The van der Waals surface area contributed by atoms with Crippen LogP contribution in [0.5, 0.6) is 0 Å². The minimum absolute atomic E-state index is 0.256. The minimum Gasteiger partial charge on any atom is -0.406 e. The third-order valence-electron chi connectivity index (χ3n) is 3.93. The van der Waals surface area contributed by atoms with Gasteiger partial charge in [0.05, 0.1) is 5.56 Å². The number of benzene rings is 1. The molecule has 0 aliphatic rings. The van der Waals surface area contributed by atoms with E-state index in [1.807, 2.05) is 0 Å². The highest BCUT2D eigenvalue weighted by Gasteiger charge is 2.44. The van der Waals surface area contributed by atoms with Crippen LogP contribution in [0.25, 0.3) is 5.57 Å². The number of alkyl halides is 5. The van der Waals surface area contributed by atoms with Crippen LogP contribution in [0, 0.1) is 11.6 Å². The van der Waals surface area contributed by atoms with E-state index < -0.39 is 46.7 Å². The van der Waals surface area contributed by atoms with Crippen LogP contribution in [-0.4, -0.2) is 17.1 Å². The summed E-state index contributed by atoms with van der Waals surface area (Å²) in [7, 11) is 0. The van der Waals surface area contributed by atoms with Gasteiger partial charge in [-0.2, -0.15) is 8.78 Å². The highest BCUT2D eigenvalue weighted by molar-refractivity contribution is 6.01. The van der Waals surface area contributed by atoms with Gasteiger partial charge >= 0.3 is 12.3 Å². The minimum atomic E-state index is -4.91. The third-order valence-corrected chi connectivity index (χ3v) is 3.93. The van der Waals surface area contributed by atoms with Crippen molar-refractivity contribution in [1.82, 2.24) is 4.98 Å². The first-order valence-corrected chi connectivity index (χ1v) is 8.46. The fraction of sp³-hybridized carbons (Fsp3) is 0.143. The predicted molar refractivity (Wildman–Crippen MR) is 97.9 cm³/mol. The average Bonchev–Trinajstić information content (AvgIpc) is 2.69. The molecular weight excluding hydrogens is 431 g/mol. The molecule has 0 spiro atoms. The number of Topliss-reactive ketones (excluding diaryl/α,β-unsaturated/α-hetero) is 1. The normalized spacial score (nSPS) is 13.2. The zero-order valence-electron chi connectivity index (χ0n) is 15.8. The maximum Gasteiger partial charge on any atom is 0.573 e. The van der Waals surface area contributed by atoms with Crippen molar-refractivity contribution in [3.05, 3.63) is 95.6 Å². The Morgan fingerprint density at radius 2 is 1.74 bits per heavy atom. The molecule has 0 bridgehead atoms. The second-order valence-corrected chi connectivity index (χ2v) is 6.13. The molecule has 164 valence electrons. The smallest absolute Gasteiger partial charge is 0.406 e. The Bertz CT molecular complexity index is 1040. The van der Waals surface area contributed by atoms with E-state index in [0.717, 1.165) is 30.5 Å². The van der Waals surface area contributed by atoms with Crippen molar-refractivity contribution in [2.24, 2.45) is 0 Å². The zero-order chi connectivity index (χ0) is 23.4. The van der Waals surface area contributed by atoms with E-state index in [1.54, 1.807) is 0 Å². The predicted octanol–water partition coefficient (Wildman–Crippen LogP) is 6.34. The van der Waals surface area contributed by atoms with Gasteiger partial charge in [0.2, 0.25) is 5.78 Å². The lowest BCUT2D eigenvalue weighted by atomic mass is 10.0. The van der Waals surface area contributed by atoms with Gasteiger partial charge < -0.3 is 4.74 Å². The maximum absolute atomic E-state index is 14.5. The lowest BCUT2D eigenvalue weighted by molar-refractivity contribution is -0.303. The molecule has 0 fully saturated rings. The number of halogens is 7. The highest BCUT2D eigenvalue weighted by atomic mass is 19.4. The summed E-state index contributed by atoms with van der Waals surface area (Å²) in [6.07, 6.45) is -0.919. The van der Waals surface area contributed by atoms with E-state index in [4.69, 9.17) is 0 Å². The molecule has 2 aromatic rings. The van der Waals surface area contributed by atoms with Crippen LogP contribution >= 0.6 is 0 Å². The summed E-state index contributed by atoms with van der Waals surface area (Å²) in [5, 5.41) is 0. The number of ketones is 1. The zero-order valence-corrected chi connectivity index (χ0v) is 15.8. The molecule has 3 nitrogen and oxygen atoms in total. The van der Waals surface area contributed by atoms with Crippen LogP contribution in [0.1, 0.15) is 28.5 Å². The quantitative estimate of drug-likeness (QED) is 0.216. The number of ether oxygens (including phenoxy) is 1. The third kappa shape index (κ3) is 6.03. The van der Waals surface area contributed by atoms with Crippen molar-refractivity contribution in [3.63, 3.8) is 0 Å². The molecule has 1 aromatic carbocycles. The number of carbonyl (C=O) groups excluding carboxylic acids is 1. The number of pyridine rings is 1. The van der Waals surface area contributed by atoms with Gasteiger partial charge in [-0.05, 0) is 48.4 Å². The average molecular weight is 445 g/mol. The summed E-state index contributed by atoms with van der Waals surface area (Å²) in [6, 6.07) is 3.56. The Labute approximate surface area is 172 Å². The van der Waals surface area contributed by atoms with Crippen LogP contribution in [0.2, 0.25) is 0 Å². The van der Waals surface area contributed by atoms with E-state index in [2.05, 4.69) is 16.3 Å². The second-order valence-electron chi connectivity index (χ2n) is 6.13. The van der Waals surface area contributed by atoms with Crippen molar-refractivity contribution in [2.45, 2.75) is 19.2 Å². The lowest BCUT2D eigenvalue weighted by Gasteiger charge is -2.15. The van der Waals surface area contributed by atoms with Crippen molar-refractivity contribution < 1.29 is 40.3 Å². The Hall–Kier alpha value is -3.43. The maximum atomic E-state index is 14.5. The summed E-state index contributed by atoms with van der Waals surface area (Å²) in [5.41, 5.74) is -1.39. The monoisotopic (exact) mass is 445 g/mol. The molecule has 0 atom stereocenters. The lowest BCUT2D eigenvalue weighted by Crippen LogP contribution is -2.28. The van der Waals surface area contributed by atoms with Crippen molar-refractivity contribution in [1.29, 1.82) is 0 Å². The van der Waals surface area contributed by atoms with Gasteiger partial charge in [0.15, 0.2) is 0 Å². The molecule has 1 heterocycles. The van der Waals surface area contributed by atoms with Crippen LogP contribution in [0.15, 0.2) is 67.1 Å². The summed E-state index contributed by atoms with van der Waals surface area (Å²) in [6.45, 7) is 4.66. The number of carbonyl (C=O) groups is 1. The topological polar surface area (TPSA) is 39.2 Å². The number of allylic oxidation sites excluding steroid dienone is 4. The molecule has 0 N–H and O–H groups in total. The van der Waals surface area contributed by atoms with E-state index in [-0.39, 0.29) is 5.56 Å².